The lowest BCUT2D eigenvalue weighted by molar-refractivity contribution is 0.533. The molecule has 18 heavy (non-hydrogen) atoms. The fourth-order valence-electron chi connectivity index (χ4n) is 2.07. The number of hydrogen-bond acceptors (Lipinski definition) is 0. The Kier molecular flexibility index (Phi) is 12.6. The van der Waals surface area contributed by atoms with Crippen molar-refractivity contribution >= 4 is 0 Å². The lowest BCUT2D eigenvalue weighted by Gasteiger charge is -2.05. The summed E-state index contributed by atoms with van der Waals surface area (Å²) in [6.07, 6.45) is 16.1. The zero-order valence-electron chi connectivity index (χ0n) is 13.2. The quantitative estimate of drug-likeness (QED) is 0.284. The van der Waals surface area contributed by atoms with Gasteiger partial charge in [0.1, 0.15) is 0 Å². The predicted molar refractivity (Wildman–Crippen MR) is 84.0 cm³/mol. The first kappa shape index (κ1) is 17.5. The van der Waals surface area contributed by atoms with Crippen molar-refractivity contribution in [3.8, 4) is 0 Å². The van der Waals surface area contributed by atoms with Gasteiger partial charge in [-0.1, -0.05) is 72.1 Å². The Morgan fingerprint density at radius 1 is 0.944 bits per heavy atom. The lowest BCUT2D eigenvalue weighted by atomic mass is 10.0. The van der Waals surface area contributed by atoms with E-state index in [-0.39, 0.29) is 0 Å². The molecule has 0 heterocycles. The maximum absolute atomic E-state index is 3.40. The van der Waals surface area contributed by atoms with Crippen molar-refractivity contribution in [3.05, 3.63) is 17.4 Å². The van der Waals surface area contributed by atoms with Crippen molar-refractivity contribution in [3.63, 3.8) is 0 Å². The highest BCUT2D eigenvalue weighted by atomic mass is 14.0. The van der Waals surface area contributed by atoms with Crippen LogP contribution in [0.1, 0.15) is 91.9 Å². The SMILES string of the molecule is CCCCCCCCCCC(C)C=C=C(C)CC. The van der Waals surface area contributed by atoms with Crippen molar-refractivity contribution in [1.29, 1.82) is 0 Å². The topological polar surface area (TPSA) is 0 Å². The number of hydrogen-bond donors (Lipinski definition) is 0. The van der Waals surface area contributed by atoms with Crippen LogP contribution >= 0.6 is 0 Å². The van der Waals surface area contributed by atoms with E-state index in [1.54, 1.807) is 0 Å². The molecule has 0 radical (unpaired) electrons. The first-order valence-corrected chi connectivity index (χ1v) is 8.13. The summed E-state index contributed by atoms with van der Waals surface area (Å²) in [7, 11) is 0. The highest BCUT2D eigenvalue weighted by Crippen LogP contribution is 2.13. The van der Waals surface area contributed by atoms with Crippen LogP contribution in [0.5, 0.6) is 0 Å². The van der Waals surface area contributed by atoms with E-state index in [1.807, 2.05) is 0 Å². The summed E-state index contributed by atoms with van der Waals surface area (Å²) in [4.78, 5) is 0. The third-order valence-corrected chi connectivity index (χ3v) is 3.66. The van der Waals surface area contributed by atoms with Crippen molar-refractivity contribution < 1.29 is 0 Å². The van der Waals surface area contributed by atoms with Crippen LogP contribution in [0.3, 0.4) is 0 Å². The van der Waals surface area contributed by atoms with Gasteiger partial charge in [-0.3, -0.25) is 0 Å². The normalized spacial score (nSPS) is 12.0. The van der Waals surface area contributed by atoms with E-state index in [2.05, 4.69) is 39.5 Å². The Hall–Kier alpha value is -0.480. The van der Waals surface area contributed by atoms with Gasteiger partial charge in [0.2, 0.25) is 0 Å². The second-order valence-electron chi connectivity index (χ2n) is 5.69. The van der Waals surface area contributed by atoms with Gasteiger partial charge in [-0.2, -0.15) is 0 Å². The highest BCUT2D eigenvalue weighted by molar-refractivity contribution is 4.98. The summed E-state index contributed by atoms with van der Waals surface area (Å²) in [5.74, 6) is 0.701. The van der Waals surface area contributed by atoms with Gasteiger partial charge in [0.25, 0.3) is 0 Å². The first-order valence-electron chi connectivity index (χ1n) is 8.13. The first-order chi connectivity index (χ1) is 8.70. The molecule has 0 aromatic carbocycles. The third kappa shape index (κ3) is 12.0. The van der Waals surface area contributed by atoms with E-state index >= 15 is 0 Å². The second-order valence-corrected chi connectivity index (χ2v) is 5.69. The molecule has 0 N–H and O–H groups in total. The monoisotopic (exact) mass is 250 g/mol. The molecule has 0 aromatic heterocycles. The van der Waals surface area contributed by atoms with Gasteiger partial charge in [0, 0.05) is 0 Å². The molecule has 0 amide bonds. The molecular formula is C18H34. The number of rotatable bonds is 11. The van der Waals surface area contributed by atoms with Gasteiger partial charge < -0.3 is 0 Å². The maximum atomic E-state index is 3.40. The fourth-order valence-corrected chi connectivity index (χ4v) is 2.07. The largest absolute Gasteiger partial charge is 0.126 e. The van der Waals surface area contributed by atoms with Crippen LogP contribution in [0.4, 0.5) is 0 Å². The van der Waals surface area contributed by atoms with Crippen LogP contribution in [0, 0.1) is 5.92 Å². The molecule has 106 valence electrons. The summed E-state index contributed by atoms with van der Waals surface area (Å²) < 4.78 is 0. The van der Waals surface area contributed by atoms with Crippen LogP contribution in [0.15, 0.2) is 17.4 Å². The minimum atomic E-state index is 0.701. The lowest BCUT2D eigenvalue weighted by Crippen LogP contribution is -1.89. The Labute approximate surface area is 116 Å². The molecule has 0 aliphatic heterocycles. The molecule has 0 fully saturated rings. The average molecular weight is 250 g/mol. The van der Waals surface area contributed by atoms with E-state index in [0.717, 1.165) is 6.42 Å². The molecule has 0 heteroatoms. The summed E-state index contributed by atoms with van der Waals surface area (Å²) in [5.41, 5.74) is 4.77. The van der Waals surface area contributed by atoms with Gasteiger partial charge >= 0.3 is 0 Å². The van der Waals surface area contributed by atoms with E-state index in [1.165, 1.54) is 63.4 Å². The molecule has 0 spiro atoms. The van der Waals surface area contributed by atoms with Crippen LogP contribution in [0.25, 0.3) is 0 Å². The van der Waals surface area contributed by atoms with Gasteiger partial charge in [0.15, 0.2) is 0 Å². The minimum Gasteiger partial charge on any atom is -0.126 e. The maximum Gasteiger partial charge on any atom is -0.0186 e. The molecule has 0 nitrogen and oxygen atoms in total. The minimum absolute atomic E-state index is 0.701. The van der Waals surface area contributed by atoms with Crippen molar-refractivity contribution in [2.24, 2.45) is 5.92 Å². The standard InChI is InChI=1S/C18H34/c1-5-7-8-9-10-11-12-13-14-18(4)16-15-17(3)6-2/h16,18H,5-14H2,1-4H3. The molecule has 0 aromatic rings. The predicted octanol–water partition coefficient (Wildman–Crippen LogP) is 6.66. The van der Waals surface area contributed by atoms with Gasteiger partial charge in [-0.15, -0.1) is 5.73 Å². The van der Waals surface area contributed by atoms with Crippen LogP contribution in [0.2, 0.25) is 0 Å². The second kappa shape index (κ2) is 13.0. The molecule has 1 atom stereocenters. The van der Waals surface area contributed by atoms with Gasteiger partial charge in [-0.25, -0.2) is 0 Å². The van der Waals surface area contributed by atoms with Gasteiger partial charge in [0.05, 0.1) is 0 Å². The highest BCUT2D eigenvalue weighted by Gasteiger charge is 1.97. The van der Waals surface area contributed by atoms with Crippen molar-refractivity contribution in [2.75, 3.05) is 0 Å². The Balaban J connectivity index is 3.41. The fraction of sp³-hybridized carbons (Fsp3) is 0.833. The Morgan fingerprint density at radius 3 is 2.06 bits per heavy atom. The molecule has 1 unspecified atom stereocenters. The van der Waals surface area contributed by atoms with Crippen LogP contribution in [-0.2, 0) is 0 Å². The molecule has 0 bridgehead atoms. The molecular weight excluding hydrogens is 216 g/mol. The van der Waals surface area contributed by atoms with Gasteiger partial charge in [-0.05, 0) is 37.3 Å². The smallest absolute Gasteiger partial charge is 0.0186 e. The molecule has 0 rings (SSSR count). The molecule has 0 saturated heterocycles. The average Bonchev–Trinajstić information content (AvgIpc) is 2.39. The molecule has 0 saturated carbocycles. The zero-order valence-corrected chi connectivity index (χ0v) is 13.2. The summed E-state index contributed by atoms with van der Waals surface area (Å²) in [5, 5.41) is 0. The molecule has 0 aliphatic rings. The van der Waals surface area contributed by atoms with E-state index in [9.17, 15) is 0 Å². The number of allylic oxidation sites excluding steroid dienone is 1. The van der Waals surface area contributed by atoms with Crippen molar-refractivity contribution in [1.82, 2.24) is 0 Å². The van der Waals surface area contributed by atoms with Crippen LogP contribution in [-0.4, -0.2) is 0 Å². The number of unbranched alkanes of at least 4 members (excludes halogenated alkanes) is 7. The summed E-state index contributed by atoms with van der Waals surface area (Å²) in [6, 6.07) is 0. The van der Waals surface area contributed by atoms with Crippen molar-refractivity contribution in [2.45, 2.75) is 91.9 Å². The van der Waals surface area contributed by atoms with E-state index in [4.69, 9.17) is 0 Å². The Bertz CT molecular complexity index is 230. The Morgan fingerprint density at radius 2 is 1.50 bits per heavy atom. The van der Waals surface area contributed by atoms with E-state index in [0.29, 0.717) is 5.92 Å². The summed E-state index contributed by atoms with van der Waals surface area (Å²) in [6.45, 7) is 8.96. The summed E-state index contributed by atoms with van der Waals surface area (Å²) >= 11 is 0. The van der Waals surface area contributed by atoms with E-state index < -0.39 is 0 Å². The zero-order chi connectivity index (χ0) is 13.6. The van der Waals surface area contributed by atoms with Crippen LogP contribution < -0.4 is 0 Å². The third-order valence-electron chi connectivity index (χ3n) is 3.66. The molecule has 0 aliphatic carbocycles.